The summed E-state index contributed by atoms with van der Waals surface area (Å²) in [4.78, 5) is 38.7. The highest BCUT2D eigenvalue weighted by molar-refractivity contribution is 6.29. The summed E-state index contributed by atoms with van der Waals surface area (Å²) in [6.45, 7) is 5.07. The molecule has 1 aliphatic heterocycles. The number of hydrogen-bond donors (Lipinski definition) is 2. The topological polar surface area (TPSA) is 130 Å². The molecule has 3 atom stereocenters. The molecule has 5 rings (SSSR count). The van der Waals surface area contributed by atoms with Gasteiger partial charge in [-0.3, -0.25) is 14.3 Å². The minimum Gasteiger partial charge on any atom is -0.411 e. The molecular weight excluding hydrogens is 537 g/mol. The van der Waals surface area contributed by atoms with E-state index in [0.717, 1.165) is 0 Å². The summed E-state index contributed by atoms with van der Waals surface area (Å²) < 4.78 is 15.4. The first-order chi connectivity index (χ1) is 19.1. The number of carbonyl (C=O) groups excluding carboxylic acids is 1. The monoisotopic (exact) mass is 569 g/mol. The van der Waals surface area contributed by atoms with E-state index in [-0.39, 0.29) is 23.6 Å². The van der Waals surface area contributed by atoms with Gasteiger partial charge >= 0.3 is 5.69 Å². The number of pyridine rings is 1. The molecule has 2 aromatic heterocycles. The minimum absolute atomic E-state index is 0.113. The Morgan fingerprint density at radius 2 is 1.82 bits per heavy atom. The van der Waals surface area contributed by atoms with Crippen LogP contribution in [0.4, 0.5) is 10.2 Å². The lowest BCUT2D eigenvalue weighted by molar-refractivity contribution is -0.121. The number of rotatable bonds is 8. The number of nitrogens with zero attached hydrogens (tertiary/aromatic N) is 6. The summed E-state index contributed by atoms with van der Waals surface area (Å²) in [6, 6.07) is 8.61. The van der Waals surface area contributed by atoms with E-state index in [1.165, 1.54) is 16.7 Å². The fourth-order valence-electron chi connectivity index (χ4n) is 5.96. The predicted octanol–water partition coefficient (Wildman–Crippen LogP) is 3.64. The van der Waals surface area contributed by atoms with E-state index >= 15 is 0 Å². The van der Waals surface area contributed by atoms with Crippen LogP contribution in [0.25, 0.3) is 11.0 Å². The van der Waals surface area contributed by atoms with Gasteiger partial charge in [-0.1, -0.05) is 42.7 Å². The van der Waals surface area contributed by atoms with Crippen molar-refractivity contribution in [3.8, 4) is 0 Å². The zero-order valence-electron chi connectivity index (χ0n) is 22.7. The number of benzene rings is 1. The second kappa shape index (κ2) is 10.8. The van der Waals surface area contributed by atoms with E-state index < -0.39 is 23.1 Å². The second-order valence-electron chi connectivity index (χ2n) is 10.6. The number of carbonyl (C=O) groups is 1. The van der Waals surface area contributed by atoms with E-state index in [1.807, 2.05) is 13.8 Å². The van der Waals surface area contributed by atoms with Gasteiger partial charge in [0, 0.05) is 32.2 Å². The number of piperazine rings is 1. The summed E-state index contributed by atoms with van der Waals surface area (Å²) in [5.74, 6) is -0.459. The molecule has 3 N–H and O–H groups in total. The largest absolute Gasteiger partial charge is 0.411 e. The summed E-state index contributed by atoms with van der Waals surface area (Å²) in [5.41, 5.74) is 6.51. The highest BCUT2D eigenvalue weighted by Crippen LogP contribution is 2.51. The van der Waals surface area contributed by atoms with Crippen LogP contribution in [-0.4, -0.2) is 61.4 Å². The van der Waals surface area contributed by atoms with Gasteiger partial charge in [-0.25, -0.2) is 14.2 Å². The summed E-state index contributed by atoms with van der Waals surface area (Å²) in [6.07, 6.45) is 2.38. The SMILES string of the molecule is CC[C@H]1CN(C(/C(=N/O)C2(C(N)=O)CC2)c2ccc(F)cc2)[C@H](CC)CN1c1nc(=O)n(C)c2ccc(Cl)nc12. The van der Waals surface area contributed by atoms with Crippen molar-refractivity contribution in [3.63, 3.8) is 0 Å². The second-order valence-corrected chi connectivity index (χ2v) is 11.0. The van der Waals surface area contributed by atoms with Gasteiger partial charge in [0.2, 0.25) is 5.91 Å². The number of anilines is 1. The first kappa shape index (κ1) is 28.0. The van der Waals surface area contributed by atoms with E-state index in [2.05, 4.69) is 24.9 Å². The fourth-order valence-corrected chi connectivity index (χ4v) is 6.11. The number of hydrogen-bond acceptors (Lipinski definition) is 8. The number of amides is 1. The molecule has 0 spiro atoms. The van der Waals surface area contributed by atoms with Crippen LogP contribution < -0.4 is 16.3 Å². The van der Waals surface area contributed by atoms with E-state index in [1.54, 1.807) is 31.3 Å². The van der Waals surface area contributed by atoms with Gasteiger partial charge in [-0.2, -0.15) is 4.98 Å². The number of halogens is 2. The van der Waals surface area contributed by atoms with Crippen LogP contribution in [0.15, 0.2) is 46.3 Å². The Morgan fingerprint density at radius 3 is 2.40 bits per heavy atom. The third kappa shape index (κ3) is 4.71. The van der Waals surface area contributed by atoms with Crippen LogP contribution in [0.2, 0.25) is 5.15 Å². The van der Waals surface area contributed by atoms with Crippen LogP contribution in [0.3, 0.4) is 0 Å². The first-order valence-corrected chi connectivity index (χ1v) is 13.9. The van der Waals surface area contributed by atoms with Gasteiger partial charge in [0.05, 0.1) is 22.7 Å². The van der Waals surface area contributed by atoms with E-state index in [0.29, 0.717) is 66.3 Å². The molecule has 3 heterocycles. The molecule has 40 heavy (non-hydrogen) atoms. The molecule has 1 saturated carbocycles. The highest BCUT2D eigenvalue weighted by Gasteiger charge is 2.57. The standard InChI is InChI=1S/C28H33ClFN7O3/c1-4-18-15-37(25-22-20(10-11-21(29)32-22)35(3)27(39)33-25)19(5-2)14-36(18)23(16-6-8-17(30)9-7-16)24(34-40)28(12-13-28)26(31)38/h6-11,18-19,23,40H,4-5,12-15H2,1-3H3,(H2,31,38)/b34-24-/t18-,19+,23?/m1/s1. The predicted molar refractivity (Wildman–Crippen MR) is 151 cm³/mol. The molecule has 10 nitrogen and oxygen atoms in total. The fraction of sp³-hybridized carbons (Fsp3) is 0.464. The van der Waals surface area contributed by atoms with Crippen molar-refractivity contribution in [2.75, 3.05) is 18.0 Å². The Balaban J connectivity index is 1.61. The molecule has 3 aromatic rings. The smallest absolute Gasteiger partial charge is 0.349 e. The zero-order valence-corrected chi connectivity index (χ0v) is 23.5. The van der Waals surface area contributed by atoms with Crippen LogP contribution in [0.5, 0.6) is 0 Å². The maximum atomic E-state index is 13.9. The zero-order chi connectivity index (χ0) is 28.8. The summed E-state index contributed by atoms with van der Waals surface area (Å²) >= 11 is 6.26. The highest BCUT2D eigenvalue weighted by atomic mass is 35.5. The molecule has 2 fully saturated rings. The van der Waals surface area contributed by atoms with Gasteiger partial charge in [0.15, 0.2) is 5.82 Å². The molecule has 1 unspecified atom stereocenters. The molecular formula is C28H33ClFN7O3. The number of aryl methyl sites for hydroxylation is 1. The summed E-state index contributed by atoms with van der Waals surface area (Å²) in [5, 5.41) is 14.3. The molecule has 0 bridgehead atoms. The van der Waals surface area contributed by atoms with Crippen molar-refractivity contribution < 1.29 is 14.4 Å². The van der Waals surface area contributed by atoms with Crippen LogP contribution in [0, 0.1) is 11.2 Å². The number of fused-ring (bicyclic) bond motifs is 1. The minimum atomic E-state index is -1.05. The van der Waals surface area contributed by atoms with Crippen molar-refractivity contribution in [2.45, 2.75) is 57.7 Å². The Hall–Kier alpha value is -3.57. The number of aromatic nitrogens is 3. The molecule has 1 amide bonds. The Kier molecular flexibility index (Phi) is 7.54. The molecule has 1 aliphatic carbocycles. The molecule has 212 valence electrons. The average Bonchev–Trinajstić information content (AvgIpc) is 3.76. The number of oxime groups is 1. The van der Waals surface area contributed by atoms with Crippen molar-refractivity contribution in [1.82, 2.24) is 19.4 Å². The number of nitrogens with two attached hydrogens (primary N) is 1. The molecule has 1 saturated heterocycles. The van der Waals surface area contributed by atoms with E-state index in [9.17, 15) is 19.2 Å². The molecule has 1 aromatic carbocycles. The Bertz CT molecular complexity index is 1520. The molecule has 2 aliphatic rings. The van der Waals surface area contributed by atoms with E-state index in [4.69, 9.17) is 17.3 Å². The Morgan fingerprint density at radius 1 is 1.15 bits per heavy atom. The molecule has 12 heteroatoms. The lowest BCUT2D eigenvalue weighted by Crippen LogP contribution is -2.61. The van der Waals surface area contributed by atoms with Crippen LogP contribution in [-0.2, 0) is 11.8 Å². The van der Waals surface area contributed by atoms with Crippen molar-refractivity contribution in [1.29, 1.82) is 0 Å². The van der Waals surface area contributed by atoms with Gasteiger partial charge in [0.1, 0.15) is 16.5 Å². The van der Waals surface area contributed by atoms with Crippen LogP contribution >= 0.6 is 11.6 Å². The first-order valence-electron chi connectivity index (χ1n) is 13.5. The average molecular weight is 570 g/mol. The van der Waals surface area contributed by atoms with Crippen LogP contribution in [0.1, 0.15) is 51.1 Å². The van der Waals surface area contributed by atoms with Gasteiger partial charge in [-0.15, -0.1) is 0 Å². The number of primary amides is 1. The summed E-state index contributed by atoms with van der Waals surface area (Å²) in [7, 11) is 1.65. The third-order valence-corrected chi connectivity index (χ3v) is 8.66. The van der Waals surface area contributed by atoms with Crippen molar-refractivity contribution in [2.24, 2.45) is 23.4 Å². The lowest BCUT2D eigenvalue weighted by atomic mass is 9.85. The van der Waals surface area contributed by atoms with Gasteiger partial charge in [0.25, 0.3) is 0 Å². The lowest BCUT2D eigenvalue weighted by Gasteiger charge is -2.50. The maximum Gasteiger partial charge on any atom is 0.349 e. The normalized spacial score (nSPS) is 21.9. The molecule has 0 radical (unpaired) electrons. The quantitative estimate of drug-likeness (QED) is 0.183. The Labute approximate surface area is 236 Å². The third-order valence-electron chi connectivity index (χ3n) is 8.45. The van der Waals surface area contributed by atoms with Gasteiger partial charge < -0.3 is 15.8 Å². The van der Waals surface area contributed by atoms with Crippen molar-refractivity contribution in [3.05, 3.63) is 63.4 Å². The van der Waals surface area contributed by atoms with Gasteiger partial charge in [-0.05, 0) is 55.5 Å². The van der Waals surface area contributed by atoms with Crippen molar-refractivity contribution >= 4 is 40.1 Å². The maximum absolute atomic E-state index is 13.9.